The van der Waals surface area contributed by atoms with Gasteiger partial charge in [-0.05, 0) is 49.3 Å². The largest absolute Gasteiger partial charge is 0.316 e. The van der Waals surface area contributed by atoms with Gasteiger partial charge in [0.2, 0.25) is 10.5 Å². The molecule has 0 amide bonds. The number of quaternary nitrogens is 1. The van der Waals surface area contributed by atoms with E-state index in [1.807, 2.05) is 65.4 Å². The Morgan fingerprint density at radius 1 is 1.03 bits per heavy atom. The van der Waals surface area contributed by atoms with Crippen molar-refractivity contribution in [2.24, 2.45) is 0 Å². The molecule has 4 aromatic rings. The molecule has 2 aromatic heterocycles. The molecule has 0 bridgehead atoms. The smallest absolute Gasteiger partial charge is 0.267 e. The van der Waals surface area contributed by atoms with E-state index in [-0.39, 0.29) is 5.56 Å². The Labute approximate surface area is 173 Å². The van der Waals surface area contributed by atoms with Crippen LogP contribution in [0.3, 0.4) is 0 Å². The number of benzene rings is 2. The maximum Gasteiger partial charge on any atom is 0.267 e. The molecule has 7 heteroatoms. The Morgan fingerprint density at radius 3 is 2.45 bits per heavy atom. The summed E-state index contributed by atoms with van der Waals surface area (Å²) in [5, 5.41) is 5.51. The van der Waals surface area contributed by atoms with E-state index in [1.165, 1.54) is 17.7 Å². The summed E-state index contributed by atoms with van der Waals surface area (Å²) in [4.78, 5) is 15.1. The van der Waals surface area contributed by atoms with Crippen molar-refractivity contribution in [3.8, 4) is 5.69 Å². The summed E-state index contributed by atoms with van der Waals surface area (Å²) in [7, 11) is 0. The number of hydrogen-bond donors (Lipinski definition) is 1. The molecule has 1 saturated heterocycles. The summed E-state index contributed by atoms with van der Waals surface area (Å²) < 4.78 is 6.21. The summed E-state index contributed by atoms with van der Waals surface area (Å²) in [5.74, 6) is 0.578. The number of nitrogens with zero attached hydrogens (tertiary/aromatic N) is 4. The van der Waals surface area contributed by atoms with Crippen molar-refractivity contribution in [2.75, 3.05) is 13.1 Å². The van der Waals surface area contributed by atoms with Gasteiger partial charge in [0, 0.05) is 12.8 Å². The first kappa shape index (κ1) is 18.3. The van der Waals surface area contributed by atoms with E-state index < -0.39 is 0 Å². The van der Waals surface area contributed by atoms with E-state index in [2.05, 4.69) is 0 Å². The molecule has 5 rings (SSSR count). The van der Waals surface area contributed by atoms with Gasteiger partial charge in [0.25, 0.3) is 5.56 Å². The third-order valence-corrected chi connectivity index (χ3v) is 6.34. The fraction of sp³-hybridized carbons (Fsp3) is 0.318. The maximum atomic E-state index is 13.6. The maximum absolute atomic E-state index is 13.6. The highest BCUT2D eigenvalue weighted by Gasteiger charge is 2.22. The number of rotatable bonds is 3. The third kappa shape index (κ3) is 2.84. The van der Waals surface area contributed by atoms with Crippen molar-refractivity contribution in [2.45, 2.75) is 33.4 Å². The number of hydrogen-bond acceptors (Lipinski definition) is 3. The minimum atomic E-state index is -0.0637. The van der Waals surface area contributed by atoms with Gasteiger partial charge in [0.05, 0.1) is 29.7 Å². The molecule has 0 unspecified atom stereocenters. The molecule has 0 aliphatic carbocycles. The highest BCUT2D eigenvalue weighted by molar-refractivity contribution is 7.71. The van der Waals surface area contributed by atoms with Gasteiger partial charge in [-0.2, -0.15) is 4.68 Å². The van der Waals surface area contributed by atoms with Crippen molar-refractivity contribution in [1.29, 1.82) is 0 Å². The van der Waals surface area contributed by atoms with Crippen molar-refractivity contribution >= 4 is 28.9 Å². The standard InChI is InChI=1S/C22H23N5OS/c1-15-8-7-9-16(2)19(15)27-20(28)17-10-3-4-11-18(17)26-21(27)23-25(22(26)29)14-24-12-5-6-13-24/h3-4,7-11H,5-6,12-14H2,1-2H3/p+1. The van der Waals surface area contributed by atoms with Gasteiger partial charge in [0.1, 0.15) is 0 Å². The molecule has 3 heterocycles. The van der Waals surface area contributed by atoms with Gasteiger partial charge in [-0.1, -0.05) is 30.3 Å². The number of aromatic nitrogens is 4. The molecule has 1 fully saturated rings. The first-order valence-electron chi connectivity index (χ1n) is 10.1. The highest BCUT2D eigenvalue weighted by atomic mass is 32.1. The van der Waals surface area contributed by atoms with Crippen molar-refractivity contribution in [1.82, 2.24) is 18.7 Å². The average molecular weight is 407 g/mol. The predicted octanol–water partition coefficient (Wildman–Crippen LogP) is 2.42. The van der Waals surface area contributed by atoms with Crippen LogP contribution < -0.4 is 10.5 Å². The molecule has 0 radical (unpaired) electrons. The third-order valence-electron chi connectivity index (χ3n) is 5.95. The van der Waals surface area contributed by atoms with E-state index in [1.54, 1.807) is 4.57 Å². The Morgan fingerprint density at radius 2 is 1.72 bits per heavy atom. The van der Waals surface area contributed by atoms with E-state index in [9.17, 15) is 4.79 Å². The minimum Gasteiger partial charge on any atom is -0.316 e. The molecular formula is C22H24N5OS+. The highest BCUT2D eigenvalue weighted by Crippen LogP contribution is 2.22. The van der Waals surface area contributed by atoms with Crippen LogP contribution in [-0.2, 0) is 6.67 Å². The van der Waals surface area contributed by atoms with Crippen LogP contribution in [0.5, 0.6) is 0 Å². The lowest BCUT2D eigenvalue weighted by Gasteiger charge is -2.14. The topological polar surface area (TPSA) is 48.7 Å². The van der Waals surface area contributed by atoms with Crippen LogP contribution in [0.1, 0.15) is 24.0 Å². The quantitative estimate of drug-likeness (QED) is 0.532. The molecule has 6 nitrogen and oxygen atoms in total. The van der Waals surface area contributed by atoms with Gasteiger partial charge in [-0.15, -0.1) is 5.10 Å². The van der Waals surface area contributed by atoms with Crippen LogP contribution in [-0.4, -0.2) is 31.8 Å². The second kappa shape index (κ2) is 6.93. The predicted molar refractivity (Wildman–Crippen MR) is 117 cm³/mol. The molecule has 29 heavy (non-hydrogen) atoms. The van der Waals surface area contributed by atoms with Crippen LogP contribution in [0, 0.1) is 18.6 Å². The monoisotopic (exact) mass is 406 g/mol. The van der Waals surface area contributed by atoms with Crippen LogP contribution >= 0.6 is 12.2 Å². The Hall–Kier alpha value is -2.77. The van der Waals surface area contributed by atoms with E-state index in [0.29, 0.717) is 15.9 Å². The SMILES string of the molecule is Cc1cccc(C)c1-n1c(=O)c2ccccc2n2c(=S)n(C[NH+]3CCCC3)nc12. The van der Waals surface area contributed by atoms with Gasteiger partial charge in [-0.3, -0.25) is 9.20 Å². The number of likely N-dealkylation sites (tertiary alicyclic amines) is 1. The first-order valence-corrected chi connectivity index (χ1v) is 10.5. The molecule has 148 valence electrons. The van der Waals surface area contributed by atoms with Gasteiger partial charge >= 0.3 is 0 Å². The zero-order valence-corrected chi connectivity index (χ0v) is 17.5. The molecule has 0 atom stereocenters. The molecule has 0 saturated carbocycles. The summed E-state index contributed by atoms with van der Waals surface area (Å²) >= 11 is 5.84. The number of fused-ring (bicyclic) bond motifs is 3. The van der Waals surface area contributed by atoms with Crippen LogP contribution in [0.2, 0.25) is 0 Å². The molecule has 2 aromatic carbocycles. The second-order valence-corrected chi connectivity index (χ2v) is 8.30. The lowest BCUT2D eigenvalue weighted by molar-refractivity contribution is -0.911. The summed E-state index contributed by atoms with van der Waals surface area (Å²) in [6, 6.07) is 13.7. The second-order valence-electron chi connectivity index (χ2n) is 7.93. The van der Waals surface area contributed by atoms with Crippen LogP contribution in [0.15, 0.2) is 47.3 Å². The van der Waals surface area contributed by atoms with Gasteiger partial charge in [0.15, 0.2) is 6.67 Å². The van der Waals surface area contributed by atoms with Crippen molar-refractivity contribution in [3.63, 3.8) is 0 Å². The average Bonchev–Trinajstić information content (AvgIpc) is 3.33. The fourth-order valence-electron chi connectivity index (χ4n) is 4.52. The zero-order valence-electron chi connectivity index (χ0n) is 16.7. The molecule has 1 aliphatic rings. The van der Waals surface area contributed by atoms with Crippen molar-refractivity contribution < 1.29 is 4.90 Å². The first-order chi connectivity index (χ1) is 14.1. The Kier molecular flexibility index (Phi) is 4.37. The lowest BCUT2D eigenvalue weighted by Crippen LogP contribution is -3.09. The van der Waals surface area contributed by atoms with Gasteiger partial charge < -0.3 is 4.90 Å². The normalized spacial score (nSPS) is 15.0. The summed E-state index contributed by atoms with van der Waals surface area (Å²) in [6.07, 6.45) is 2.48. The van der Waals surface area contributed by atoms with E-state index in [4.69, 9.17) is 17.3 Å². The zero-order chi connectivity index (χ0) is 20.1. The minimum absolute atomic E-state index is 0.0637. The van der Waals surface area contributed by atoms with E-state index in [0.717, 1.165) is 42.1 Å². The Balaban J connectivity index is 1.90. The summed E-state index contributed by atoms with van der Waals surface area (Å²) in [5.41, 5.74) is 3.70. The fourth-order valence-corrected chi connectivity index (χ4v) is 4.81. The molecular weight excluding hydrogens is 382 g/mol. The number of aryl methyl sites for hydroxylation is 2. The molecule has 1 aliphatic heterocycles. The summed E-state index contributed by atoms with van der Waals surface area (Å²) in [6.45, 7) is 7.07. The number of para-hydroxylation sites is 2. The van der Waals surface area contributed by atoms with Crippen LogP contribution in [0.4, 0.5) is 0 Å². The molecule has 1 N–H and O–H groups in total. The molecule has 0 spiro atoms. The number of nitrogens with one attached hydrogen (secondary N) is 1. The van der Waals surface area contributed by atoms with E-state index >= 15 is 0 Å². The van der Waals surface area contributed by atoms with Crippen molar-refractivity contribution in [3.05, 3.63) is 68.7 Å². The lowest BCUT2D eigenvalue weighted by atomic mass is 10.1. The van der Waals surface area contributed by atoms with Gasteiger partial charge in [-0.25, -0.2) is 4.57 Å². The van der Waals surface area contributed by atoms with Crippen LogP contribution in [0.25, 0.3) is 22.4 Å². The Bertz CT molecular complexity index is 1340.